The number of amides is 3. The number of imidazole rings is 1. The van der Waals surface area contributed by atoms with Crippen LogP contribution < -0.4 is 20.7 Å². The maximum absolute atomic E-state index is 14.0. The second-order valence-electron chi connectivity index (χ2n) is 11.2. The third kappa shape index (κ3) is 5.82. The highest BCUT2D eigenvalue weighted by Crippen LogP contribution is 2.39. The molecule has 0 aliphatic carbocycles. The Bertz CT molecular complexity index is 1400. The number of likely N-dealkylation sites (tertiary alicyclic amines) is 1. The number of hydrogen-bond donors (Lipinski definition) is 2. The maximum Gasteiger partial charge on any atom is 0.249 e. The average molecular weight is 574 g/mol. The highest BCUT2D eigenvalue weighted by atomic mass is 16.5. The van der Waals surface area contributed by atoms with Gasteiger partial charge in [-0.25, -0.2) is 4.98 Å². The van der Waals surface area contributed by atoms with E-state index in [0.717, 1.165) is 16.9 Å². The molecule has 3 aromatic rings. The first-order valence-corrected chi connectivity index (χ1v) is 14.2. The molecule has 2 atom stereocenters. The molecule has 2 saturated heterocycles. The van der Waals surface area contributed by atoms with Gasteiger partial charge in [-0.3, -0.25) is 14.4 Å². The van der Waals surface area contributed by atoms with E-state index >= 15 is 0 Å². The number of likely N-dealkylation sites (N-methyl/N-ethyl adjacent to an activating group) is 1. The molecule has 222 valence electrons. The van der Waals surface area contributed by atoms with Crippen LogP contribution in [0.2, 0.25) is 0 Å². The number of nitrogens with two attached hydrogens (primary N) is 1. The summed E-state index contributed by atoms with van der Waals surface area (Å²) in [6.45, 7) is 1.30. The van der Waals surface area contributed by atoms with Crippen LogP contribution in [0.4, 0.5) is 5.69 Å². The molecule has 1 unspecified atom stereocenters. The molecule has 42 heavy (non-hydrogen) atoms. The van der Waals surface area contributed by atoms with E-state index in [1.54, 1.807) is 29.4 Å². The van der Waals surface area contributed by atoms with Gasteiger partial charge < -0.3 is 35.1 Å². The molecule has 2 aromatic carbocycles. The van der Waals surface area contributed by atoms with Crippen LogP contribution in [0.25, 0.3) is 0 Å². The van der Waals surface area contributed by atoms with Gasteiger partial charge in [0.1, 0.15) is 17.3 Å². The third-order valence-corrected chi connectivity index (χ3v) is 8.48. The lowest BCUT2D eigenvalue weighted by atomic mass is 9.85. The number of nitrogens with one attached hydrogen (secondary N) is 1. The standard InChI is InChI=1S/C31H39N7O4/c1-35-20-33-19-24(35)18-26(32)28(39)34-27(17-22-9-11-25(42-3)12-10-22)29(40)37-15-13-31(14-16-37)30(41)36(2)21-38(31)23-7-5-4-6-8-23/h4-12,19-20,26-27H,13-18,21,32H2,1-3H3,(H,34,39)/t26?,27-/m1/s1. The van der Waals surface area contributed by atoms with Crippen LogP contribution in [0.3, 0.4) is 0 Å². The fourth-order valence-electron chi connectivity index (χ4n) is 6.00. The SMILES string of the molecule is COc1ccc(C[C@@H](NC(=O)C(N)Cc2cncn2C)C(=O)N2CCC3(CC2)C(=O)N(C)CN3c2ccccc2)cc1. The number of ether oxygens (including phenoxy) is 1. The van der Waals surface area contributed by atoms with Crippen molar-refractivity contribution in [1.82, 2.24) is 24.7 Å². The second kappa shape index (κ2) is 12.2. The third-order valence-electron chi connectivity index (χ3n) is 8.48. The Morgan fingerprint density at radius 1 is 1.05 bits per heavy atom. The lowest BCUT2D eigenvalue weighted by Crippen LogP contribution is -2.60. The van der Waals surface area contributed by atoms with Gasteiger partial charge in [0.2, 0.25) is 17.7 Å². The van der Waals surface area contributed by atoms with Crippen LogP contribution >= 0.6 is 0 Å². The van der Waals surface area contributed by atoms with Crippen LogP contribution in [0.5, 0.6) is 5.75 Å². The van der Waals surface area contributed by atoms with Gasteiger partial charge in [0.15, 0.2) is 0 Å². The van der Waals surface area contributed by atoms with Crippen molar-refractivity contribution < 1.29 is 19.1 Å². The average Bonchev–Trinajstić information content (AvgIpc) is 3.52. The van der Waals surface area contributed by atoms with Gasteiger partial charge in [0.25, 0.3) is 0 Å². The van der Waals surface area contributed by atoms with Gasteiger partial charge in [-0.2, -0.15) is 0 Å². The summed E-state index contributed by atoms with van der Waals surface area (Å²) in [7, 11) is 5.26. The number of aromatic nitrogens is 2. The molecule has 3 heterocycles. The van der Waals surface area contributed by atoms with Crippen molar-refractivity contribution in [2.75, 3.05) is 38.8 Å². The van der Waals surface area contributed by atoms with Gasteiger partial charge in [0, 0.05) is 57.6 Å². The Labute approximate surface area is 246 Å². The van der Waals surface area contributed by atoms with Gasteiger partial charge in [-0.05, 0) is 42.7 Å². The zero-order valence-electron chi connectivity index (χ0n) is 24.4. The van der Waals surface area contributed by atoms with Gasteiger partial charge in [-0.1, -0.05) is 30.3 Å². The number of carbonyl (C=O) groups is 3. The van der Waals surface area contributed by atoms with Crippen molar-refractivity contribution in [3.8, 4) is 5.75 Å². The maximum atomic E-state index is 14.0. The highest BCUT2D eigenvalue weighted by Gasteiger charge is 2.53. The molecule has 5 rings (SSSR count). The largest absolute Gasteiger partial charge is 0.497 e. The van der Waals surface area contributed by atoms with Crippen molar-refractivity contribution in [3.05, 3.63) is 78.4 Å². The van der Waals surface area contributed by atoms with E-state index in [0.29, 0.717) is 51.2 Å². The van der Waals surface area contributed by atoms with E-state index in [9.17, 15) is 14.4 Å². The molecular weight excluding hydrogens is 534 g/mol. The smallest absolute Gasteiger partial charge is 0.249 e. The number of anilines is 1. The van der Waals surface area contributed by atoms with E-state index in [2.05, 4.69) is 15.2 Å². The topological polar surface area (TPSA) is 126 Å². The Morgan fingerprint density at radius 2 is 1.74 bits per heavy atom. The number of benzene rings is 2. The minimum atomic E-state index is -0.845. The van der Waals surface area contributed by atoms with Crippen molar-refractivity contribution in [2.24, 2.45) is 12.8 Å². The van der Waals surface area contributed by atoms with Crippen LogP contribution in [0, 0.1) is 0 Å². The molecule has 11 nitrogen and oxygen atoms in total. The minimum Gasteiger partial charge on any atom is -0.497 e. The number of aryl methyl sites for hydroxylation is 1. The molecule has 2 aliphatic rings. The molecular formula is C31H39N7O4. The number of methoxy groups -OCH3 is 1. The molecule has 3 amide bonds. The first-order valence-electron chi connectivity index (χ1n) is 14.2. The summed E-state index contributed by atoms with van der Waals surface area (Å²) in [5, 5.41) is 2.93. The lowest BCUT2D eigenvalue weighted by molar-refractivity contribution is -0.140. The number of hydrogen-bond acceptors (Lipinski definition) is 7. The van der Waals surface area contributed by atoms with Gasteiger partial charge in [-0.15, -0.1) is 0 Å². The lowest BCUT2D eigenvalue weighted by Gasteiger charge is -2.44. The number of piperidine rings is 1. The number of para-hydroxylation sites is 1. The predicted octanol–water partition coefficient (Wildman–Crippen LogP) is 1.32. The molecule has 3 N–H and O–H groups in total. The zero-order valence-corrected chi connectivity index (χ0v) is 24.4. The minimum absolute atomic E-state index is 0.0719. The summed E-state index contributed by atoms with van der Waals surface area (Å²) in [5.74, 6) is 0.188. The van der Waals surface area contributed by atoms with E-state index in [1.165, 1.54) is 0 Å². The summed E-state index contributed by atoms with van der Waals surface area (Å²) < 4.78 is 7.09. The number of nitrogens with zero attached hydrogens (tertiary/aromatic N) is 5. The summed E-state index contributed by atoms with van der Waals surface area (Å²) in [4.78, 5) is 50.4. The molecule has 0 saturated carbocycles. The van der Waals surface area contributed by atoms with Crippen LogP contribution in [-0.2, 0) is 34.3 Å². The van der Waals surface area contributed by atoms with Crippen molar-refractivity contribution >= 4 is 23.4 Å². The van der Waals surface area contributed by atoms with Crippen molar-refractivity contribution in [3.63, 3.8) is 0 Å². The van der Waals surface area contributed by atoms with E-state index in [4.69, 9.17) is 10.5 Å². The highest BCUT2D eigenvalue weighted by molar-refractivity contribution is 5.94. The molecule has 1 aromatic heterocycles. The molecule has 2 aliphatic heterocycles. The van der Waals surface area contributed by atoms with Crippen molar-refractivity contribution in [2.45, 2.75) is 43.3 Å². The van der Waals surface area contributed by atoms with Crippen LogP contribution in [0.1, 0.15) is 24.1 Å². The van der Waals surface area contributed by atoms with Crippen molar-refractivity contribution in [1.29, 1.82) is 0 Å². The van der Waals surface area contributed by atoms with Gasteiger partial charge >= 0.3 is 0 Å². The van der Waals surface area contributed by atoms with E-state index in [1.807, 2.05) is 73.3 Å². The van der Waals surface area contributed by atoms with Crippen LogP contribution in [0.15, 0.2) is 67.1 Å². The normalized spacial score (nSPS) is 17.8. The van der Waals surface area contributed by atoms with Gasteiger partial charge in [0.05, 0.1) is 26.1 Å². The Hall–Kier alpha value is -4.38. The molecule has 2 fully saturated rings. The Morgan fingerprint density at radius 3 is 2.36 bits per heavy atom. The fourth-order valence-corrected chi connectivity index (χ4v) is 6.00. The quantitative estimate of drug-likeness (QED) is 0.396. The molecule has 1 spiro atoms. The number of rotatable bonds is 9. The van der Waals surface area contributed by atoms with E-state index in [-0.39, 0.29) is 11.8 Å². The second-order valence-corrected chi connectivity index (χ2v) is 11.2. The number of carbonyl (C=O) groups excluding carboxylic acids is 3. The fraction of sp³-hybridized carbons (Fsp3) is 0.419. The summed E-state index contributed by atoms with van der Waals surface area (Å²) in [6, 6.07) is 15.7. The molecule has 0 bridgehead atoms. The first kappa shape index (κ1) is 29.1. The van der Waals surface area contributed by atoms with E-state index < -0.39 is 23.5 Å². The summed E-state index contributed by atoms with van der Waals surface area (Å²) >= 11 is 0. The molecule has 0 radical (unpaired) electrons. The Balaban J connectivity index is 1.32. The summed E-state index contributed by atoms with van der Waals surface area (Å²) in [5.41, 5.74) is 8.26. The predicted molar refractivity (Wildman–Crippen MR) is 159 cm³/mol. The monoisotopic (exact) mass is 573 g/mol. The molecule has 11 heteroatoms. The Kier molecular flexibility index (Phi) is 8.49. The van der Waals surface area contributed by atoms with Crippen LogP contribution in [-0.4, -0.2) is 88.6 Å². The summed E-state index contributed by atoms with van der Waals surface area (Å²) in [6.07, 6.45) is 4.93. The zero-order chi connectivity index (χ0) is 29.9. The first-order chi connectivity index (χ1) is 20.2.